The first-order valence-electron chi connectivity index (χ1n) is 19.1. The molecule has 0 N–H and O–H groups in total. The highest BCUT2D eigenvalue weighted by molar-refractivity contribution is 8.13. The van der Waals surface area contributed by atoms with E-state index in [4.69, 9.17) is 9.47 Å². The second-order valence-corrected chi connectivity index (χ2v) is 13.6. The van der Waals surface area contributed by atoms with Crippen LogP contribution in [0.5, 0.6) is 0 Å². The van der Waals surface area contributed by atoms with Crippen LogP contribution in [0.15, 0.2) is 12.2 Å². The molecule has 1 amide bonds. The van der Waals surface area contributed by atoms with Crippen LogP contribution in [-0.4, -0.2) is 78.2 Å². The zero-order chi connectivity index (χ0) is 34.1. The molecule has 0 aliphatic carbocycles. The van der Waals surface area contributed by atoms with Crippen molar-refractivity contribution in [2.45, 2.75) is 169 Å². The lowest BCUT2D eigenvalue weighted by Crippen LogP contribution is -2.39. The highest BCUT2D eigenvalue weighted by Gasteiger charge is 2.24. The third kappa shape index (κ3) is 27.6. The quantitative estimate of drug-likeness (QED) is 0.0401. The molecule has 0 saturated carbocycles. The van der Waals surface area contributed by atoms with E-state index in [2.05, 4.69) is 39.5 Å². The number of hydrogen-bond donors (Lipinski definition) is 0. The van der Waals surface area contributed by atoms with E-state index in [1.807, 2.05) is 12.2 Å². The van der Waals surface area contributed by atoms with Crippen LogP contribution in [0, 0.1) is 0 Å². The number of hydrogen-bond acceptors (Lipinski definition) is 7. The molecule has 0 spiro atoms. The molecule has 0 saturated heterocycles. The summed E-state index contributed by atoms with van der Waals surface area (Å²) in [5, 5.41) is -0.275. The molecule has 7 nitrogen and oxygen atoms in total. The van der Waals surface area contributed by atoms with E-state index < -0.39 is 11.9 Å². The maximum Gasteiger partial charge on any atom is 0.326 e. The number of thioether (sulfide) groups is 1. The normalized spacial score (nSPS) is 11.5. The topological polar surface area (TPSA) is 76.1 Å². The summed E-state index contributed by atoms with van der Waals surface area (Å²) in [4.78, 5) is 42.8. The molecule has 0 aliphatic rings. The Bertz CT molecular complexity index is 743. The van der Waals surface area contributed by atoms with Gasteiger partial charge in [-0.25, -0.2) is 0 Å². The van der Waals surface area contributed by atoms with Gasteiger partial charge in [0.25, 0.3) is 5.24 Å². The number of nitrogens with zero attached hydrogens (tertiary/aromatic N) is 2. The van der Waals surface area contributed by atoms with Crippen molar-refractivity contribution in [1.82, 2.24) is 9.80 Å². The van der Waals surface area contributed by atoms with Crippen molar-refractivity contribution in [3.8, 4) is 0 Å². The number of amides is 1. The molecule has 0 aromatic carbocycles. The Balaban J connectivity index is 5.14. The van der Waals surface area contributed by atoms with Gasteiger partial charge in [-0.2, -0.15) is 0 Å². The van der Waals surface area contributed by atoms with Gasteiger partial charge in [0.1, 0.15) is 25.8 Å². The first-order valence-corrected chi connectivity index (χ1v) is 20.0. The van der Waals surface area contributed by atoms with E-state index in [1.54, 1.807) is 0 Å². The number of unbranched alkanes of at least 4 members (excludes halogenated alkanes) is 14. The molecule has 270 valence electrons. The minimum absolute atomic E-state index is 0.141. The van der Waals surface area contributed by atoms with Gasteiger partial charge in [-0.05, 0) is 64.6 Å². The lowest BCUT2D eigenvalue weighted by atomic mass is 10.0. The zero-order valence-corrected chi connectivity index (χ0v) is 31.5. The summed E-state index contributed by atoms with van der Waals surface area (Å²) in [7, 11) is 0. The second kappa shape index (κ2) is 33.4. The van der Waals surface area contributed by atoms with Gasteiger partial charge in [-0.3, -0.25) is 14.4 Å². The van der Waals surface area contributed by atoms with Crippen LogP contribution in [0.4, 0.5) is 4.79 Å². The highest BCUT2D eigenvalue weighted by Crippen LogP contribution is 2.18. The molecule has 8 heteroatoms. The van der Waals surface area contributed by atoms with Crippen LogP contribution in [-0.2, 0) is 19.1 Å². The number of esters is 2. The Morgan fingerprint density at radius 1 is 0.630 bits per heavy atom. The molecular formula is C38H72N2O5S. The molecule has 0 aromatic heterocycles. The van der Waals surface area contributed by atoms with Gasteiger partial charge in [0, 0.05) is 5.75 Å². The molecular weight excluding hydrogens is 596 g/mol. The van der Waals surface area contributed by atoms with Crippen LogP contribution in [0.25, 0.3) is 0 Å². The molecule has 0 aliphatic heterocycles. The number of rotatable bonds is 32. The van der Waals surface area contributed by atoms with Crippen molar-refractivity contribution < 1.29 is 23.9 Å². The Hall–Kier alpha value is -1.54. The lowest BCUT2D eigenvalue weighted by molar-refractivity contribution is -0.151. The SMILES string of the molecule is CCCCCC/C=C\COC(=O)CN(CC(=O)OC(CCCCCCCC)CCCCCCCC)C(=O)SCCCN(CC)CC. The summed E-state index contributed by atoms with van der Waals surface area (Å²) in [6.45, 7) is 13.5. The Labute approximate surface area is 288 Å². The van der Waals surface area contributed by atoms with Crippen LogP contribution in [0.1, 0.15) is 163 Å². The van der Waals surface area contributed by atoms with Gasteiger partial charge < -0.3 is 19.3 Å². The summed E-state index contributed by atoms with van der Waals surface area (Å²) in [5.74, 6) is -0.301. The van der Waals surface area contributed by atoms with E-state index >= 15 is 0 Å². The third-order valence-corrected chi connectivity index (χ3v) is 9.42. The molecule has 0 atom stereocenters. The summed E-state index contributed by atoms with van der Waals surface area (Å²) in [5.41, 5.74) is 0. The van der Waals surface area contributed by atoms with Crippen LogP contribution >= 0.6 is 11.8 Å². The van der Waals surface area contributed by atoms with E-state index in [9.17, 15) is 14.4 Å². The molecule has 0 fully saturated rings. The molecule has 0 bridgehead atoms. The second-order valence-electron chi connectivity index (χ2n) is 12.6. The minimum Gasteiger partial charge on any atom is -0.461 e. The van der Waals surface area contributed by atoms with Gasteiger partial charge in [0.2, 0.25) is 0 Å². The lowest BCUT2D eigenvalue weighted by Gasteiger charge is -2.23. The first-order chi connectivity index (χ1) is 22.4. The summed E-state index contributed by atoms with van der Waals surface area (Å²) >= 11 is 1.17. The predicted octanol–water partition coefficient (Wildman–Crippen LogP) is 10.4. The molecule has 0 rings (SSSR count). The summed E-state index contributed by atoms with van der Waals surface area (Å²) in [6, 6.07) is 0. The molecule has 0 heterocycles. The molecule has 0 unspecified atom stereocenters. The van der Waals surface area contributed by atoms with Gasteiger partial charge in [-0.15, -0.1) is 0 Å². The predicted molar refractivity (Wildman–Crippen MR) is 197 cm³/mol. The summed E-state index contributed by atoms with van der Waals surface area (Å²) in [6.07, 6.45) is 26.4. The molecule has 0 aromatic rings. The maximum atomic E-state index is 13.2. The fourth-order valence-corrected chi connectivity index (χ4v) is 6.19. The Morgan fingerprint density at radius 2 is 1.15 bits per heavy atom. The molecule has 0 radical (unpaired) electrons. The minimum atomic E-state index is -0.503. The standard InChI is InChI=1S/C38H72N2O5S/c1-6-11-14-17-20-23-26-31-44-36(41)33-40(38(43)46-32-27-30-39(9-4)10-5)34-37(42)45-35(28-24-21-18-15-12-7-2)29-25-22-19-16-13-8-3/h23,26,35H,6-22,24-25,27-34H2,1-5H3/b26-23-. The number of carbonyl (C=O) groups is 3. The Kier molecular flexibility index (Phi) is 32.2. The average molecular weight is 669 g/mol. The van der Waals surface area contributed by atoms with Crippen molar-refractivity contribution in [2.75, 3.05) is 45.1 Å². The number of carbonyl (C=O) groups excluding carboxylic acids is 3. The highest BCUT2D eigenvalue weighted by atomic mass is 32.2. The fraction of sp³-hybridized carbons (Fsp3) is 0.868. The fourth-order valence-electron chi connectivity index (χ4n) is 5.43. The largest absolute Gasteiger partial charge is 0.461 e. The number of allylic oxidation sites excluding steroid dienone is 1. The smallest absolute Gasteiger partial charge is 0.326 e. The van der Waals surface area contributed by atoms with Gasteiger partial charge in [-0.1, -0.05) is 142 Å². The van der Waals surface area contributed by atoms with Crippen molar-refractivity contribution in [3.05, 3.63) is 12.2 Å². The van der Waals surface area contributed by atoms with E-state index in [0.717, 1.165) is 77.4 Å². The van der Waals surface area contributed by atoms with Gasteiger partial charge >= 0.3 is 11.9 Å². The van der Waals surface area contributed by atoms with Gasteiger partial charge in [0.05, 0.1) is 0 Å². The van der Waals surface area contributed by atoms with Crippen LogP contribution in [0.2, 0.25) is 0 Å². The maximum absolute atomic E-state index is 13.2. The van der Waals surface area contributed by atoms with E-state index in [1.165, 1.54) is 87.3 Å². The molecule has 46 heavy (non-hydrogen) atoms. The van der Waals surface area contributed by atoms with Crippen LogP contribution in [0.3, 0.4) is 0 Å². The van der Waals surface area contributed by atoms with Crippen molar-refractivity contribution >= 4 is 28.9 Å². The van der Waals surface area contributed by atoms with Crippen molar-refractivity contribution in [2.24, 2.45) is 0 Å². The van der Waals surface area contributed by atoms with Gasteiger partial charge in [0.15, 0.2) is 0 Å². The monoisotopic (exact) mass is 669 g/mol. The van der Waals surface area contributed by atoms with E-state index in [0.29, 0.717) is 5.75 Å². The zero-order valence-electron chi connectivity index (χ0n) is 30.7. The third-order valence-electron chi connectivity index (χ3n) is 8.43. The van der Waals surface area contributed by atoms with Crippen LogP contribution < -0.4 is 0 Å². The first kappa shape index (κ1) is 44.5. The number of ether oxygens (including phenoxy) is 2. The van der Waals surface area contributed by atoms with E-state index in [-0.39, 0.29) is 31.0 Å². The average Bonchev–Trinajstić information content (AvgIpc) is 3.05. The van der Waals surface area contributed by atoms with Crippen molar-refractivity contribution in [3.63, 3.8) is 0 Å². The summed E-state index contributed by atoms with van der Waals surface area (Å²) < 4.78 is 11.4. The Morgan fingerprint density at radius 3 is 1.72 bits per heavy atom. The van der Waals surface area contributed by atoms with Crippen molar-refractivity contribution in [1.29, 1.82) is 0 Å².